The molecule has 10 heavy (non-hydrogen) atoms. The van der Waals surface area contributed by atoms with Crippen LogP contribution >= 0.6 is 23.6 Å². The molecule has 0 radical (unpaired) electrons. The Labute approximate surface area is 67.7 Å². The molecule has 4 heteroatoms. The molecule has 0 aliphatic carbocycles. The summed E-state index contributed by atoms with van der Waals surface area (Å²) in [5.74, 6) is 0. The van der Waals surface area contributed by atoms with E-state index in [0.717, 1.165) is 10.6 Å². The van der Waals surface area contributed by atoms with Crippen LogP contribution in [0.15, 0.2) is 6.58 Å². The van der Waals surface area contributed by atoms with E-state index >= 15 is 0 Å². The first-order valence-electron chi connectivity index (χ1n) is 2.64. The summed E-state index contributed by atoms with van der Waals surface area (Å²) in [7, 11) is 0. The van der Waals surface area contributed by atoms with E-state index in [1.54, 1.807) is 6.08 Å². The van der Waals surface area contributed by atoms with Crippen molar-refractivity contribution in [3.63, 3.8) is 0 Å². The van der Waals surface area contributed by atoms with Gasteiger partial charge in [0.05, 0.1) is 10.6 Å². The third kappa shape index (κ3) is 1.22. The van der Waals surface area contributed by atoms with Gasteiger partial charge in [0.15, 0.2) is 3.95 Å². The van der Waals surface area contributed by atoms with Gasteiger partial charge in [-0.1, -0.05) is 6.58 Å². The summed E-state index contributed by atoms with van der Waals surface area (Å²) in [5, 5.41) is 6.97. The molecule has 0 unspecified atom stereocenters. The summed E-state index contributed by atoms with van der Waals surface area (Å²) < 4.78 is 0.688. The maximum atomic E-state index is 6.97. The molecule has 0 saturated carbocycles. The Hall–Kier alpha value is -0.740. The number of nitrogens with one attached hydrogen (secondary N) is 2. The zero-order chi connectivity index (χ0) is 7.56. The van der Waals surface area contributed by atoms with Crippen LogP contribution in [0.2, 0.25) is 0 Å². The molecular formula is C6H6N2S2. The van der Waals surface area contributed by atoms with Gasteiger partial charge in [-0.05, 0) is 18.3 Å². The van der Waals surface area contributed by atoms with Crippen LogP contribution in [0.4, 0.5) is 0 Å². The molecule has 2 N–H and O–H groups in total. The topological polar surface area (TPSA) is 39.6 Å². The Morgan fingerprint density at radius 1 is 1.70 bits per heavy atom. The lowest BCUT2D eigenvalue weighted by molar-refractivity contribution is 1.35. The van der Waals surface area contributed by atoms with Gasteiger partial charge in [0.25, 0.3) is 0 Å². The van der Waals surface area contributed by atoms with E-state index in [2.05, 4.69) is 11.6 Å². The lowest BCUT2D eigenvalue weighted by atomic mass is 10.4. The lowest BCUT2D eigenvalue weighted by Gasteiger charge is -1.83. The fraction of sp³-hybridized carbons (Fsp3) is 0. The smallest absolute Gasteiger partial charge is 0.159 e. The molecule has 52 valence electrons. The third-order valence-electron chi connectivity index (χ3n) is 1.04. The van der Waals surface area contributed by atoms with Gasteiger partial charge in [-0.3, -0.25) is 0 Å². The average Bonchev–Trinajstić information content (AvgIpc) is 2.30. The van der Waals surface area contributed by atoms with Crippen molar-refractivity contribution in [2.45, 2.75) is 0 Å². The van der Waals surface area contributed by atoms with E-state index in [1.165, 1.54) is 17.6 Å². The van der Waals surface area contributed by atoms with Crippen molar-refractivity contribution in [1.29, 1.82) is 5.41 Å². The highest BCUT2D eigenvalue weighted by Crippen LogP contribution is 2.13. The number of hydrogen-bond donors (Lipinski definition) is 2. The van der Waals surface area contributed by atoms with Crippen LogP contribution in [0.25, 0.3) is 6.08 Å². The van der Waals surface area contributed by atoms with Crippen molar-refractivity contribution in [3.05, 3.63) is 21.1 Å². The van der Waals surface area contributed by atoms with Crippen LogP contribution in [-0.2, 0) is 0 Å². The van der Waals surface area contributed by atoms with E-state index < -0.39 is 0 Å². The zero-order valence-corrected chi connectivity index (χ0v) is 6.81. The molecule has 1 aromatic rings. The summed E-state index contributed by atoms with van der Waals surface area (Å²) in [6, 6.07) is 0. The summed E-state index contributed by atoms with van der Waals surface area (Å²) in [4.78, 5) is 3.74. The van der Waals surface area contributed by atoms with Crippen LogP contribution in [0.1, 0.15) is 10.6 Å². The molecule has 0 amide bonds. The number of rotatable bonds is 2. The maximum Gasteiger partial charge on any atom is 0.159 e. The van der Waals surface area contributed by atoms with Gasteiger partial charge in [-0.25, -0.2) is 0 Å². The van der Waals surface area contributed by atoms with Gasteiger partial charge in [0, 0.05) is 6.21 Å². The summed E-state index contributed by atoms with van der Waals surface area (Å²) in [5.41, 5.74) is 0.838. The van der Waals surface area contributed by atoms with Crippen molar-refractivity contribution in [1.82, 2.24) is 4.98 Å². The van der Waals surface area contributed by atoms with Crippen LogP contribution in [0.5, 0.6) is 0 Å². The lowest BCUT2D eigenvalue weighted by Crippen LogP contribution is -1.76. The highest BCUT2D eigenvalue weighted by Gasteiger charge is 1.97. The molecule has 0 aromatic carbocycles. The van der Waals surface area contributed by atoms with Crippen LogP contribution < -0.4 is 0 Å². The number of aromatic nitrogens is 1. The normalized spacial score (nSPS) is 9.20. The number of H-pyrrole nitrogens is 1. The van der Waals surface area contributed by atoms with Gasteiger partial charge < -0.3 is 10.4 Å². The van der Waals surface area contributed by atoms with E-state index in [0.29, 0.717) is 3.95 Å². The molecule has 1 heterocycles. The standard InChI is InChI=1S/C6H6N2S2/c1-2-4-5(3-7)10-6(9)8-4/h2-3,7H,1H2,(H,8,9). The Bertz CT molecular complexity index is 279. The largest absolute Gasteiger partial charge is 0.337 e. The van der Waals surface area contributed by atoms with Crippen molar-refractivity contribution in [2.75, 3.05) is 0 Å². The Balaban J connectivity index is 3.33. The van der Waals surface area contributed by atoms with E-state index in [-0.39, 0.29) is 0 Å². The minimum absolute atomic E-state index is 0.688. The first kappa shape index (κ1) is 7.37. The van der Waals surface area contributed by atoms with Crippen molar-refractivity contribution in [3.8, 4) is 0 Å². The molecule has 0 atom stereocenters. The molecule has 1 aromatic heterocycles. The minimum Gasteiger partial charge on any atom is -0.337 e. The number of hydrogen-bond acceptors (Lipinski definition) is 3. The van der Waals surface area contributed by atoms with E-state index in [1.807, 2.05) is 0 Å². The predicted molar refractivity (Wildman–Crippen MR) is 47.5 cm³/mol. The molecule has 2 nitrogen and oxygen atoms in total. The molecule has 0 bridgehead atoms. The number of aromatic amines is 1. The summed E-state index contributed by atoms with van der Waals surface area (Å²) >= 11 is 6.25. The SMILES string of the molecule is C=Cc1[nH]c(=S)sc1C=N. The first-order valence-corrected chi connectivity index (χ1v) is 3.86. The van der Waals surface area contributed by atoms with Crippen LogP contribution in [0, 0.1) is 9.36 Å². The first-order chi connectivity index (χ1) is 4.77. The molecule has 1 rings (SSSR count). The summed E-state index contributed by atoms with van der Waals surface area (Å²) in [6.45, 7) is 3.58. The second kappa shape index (κ2) is 2.90. The Kier molecular flexibility index (Phi) is 2.13. The monoisotopic (exact) mass is 170 g/mol. The second-order valence-electron chi connectivity index (χ2n) is 1.64. The van der Waals surface area contributed by atoms with Gasteiger partial charge in [0.1, 0.15) is 0 Å². The molecule has 0 fully saturated rings. The average molecular weight is 170 g/mol. The van der Waals surface area contributed by atoms with Gasteiger partial charge in [0.2, 0.25) is 0 Å². The van der Waals surface area contributed by atoms with Crippen molar-refractivity contribution in [2.24, 2.45) is 0 Å². The van der Waals surface area contributed by atoms with Gasteiger partial charge in [-0.2, -0.15) is 0 Å². The molecule has 0 spiro atoms. The molecule has 0 aliphatic heterocycles. The molecule has 0 aliphatic rings. The highest BCUT2D eigenvalue weighted by atomic mass is 32.1. The fourth-order valence-electron chi connectivity index (χ4n) is 0.611. The minimum atomic E-state index is 0.688. The van der Waals surface area contributed by atoms with Crippen LogP contribution in [-0.4, -0.2) is 11.2 Å². The number of thiazole rings is 1. The zero-order valence-electron chi connectivity index (χ0n) is 5.18. The van der Waals surface area contributed by atoms with Gasteiger partial charge in [-0.15, -0.1) is 11.3 Å². The molecular weight excluding hydrogens is 164 g/mol. The fourth-order valence-corrected chi connectivity index (χ4v) is 1.65. The Morgan fingerprint density at radius 3 is 2.80 bits per heavy atom. The highest BCUT2D eigenvalue weighted by molar-refractivity contribution is 7.73. The van der Waals surface area contributed by atoms with Crippen molar-refractivity contribution < 1.29 is 0 Å². The second-order valence-corrected chi connectivity index (χ2v) is 3.36. The summed E-state index contributed by atoms with van der Waals surface area (Å²) in [6.07, 6.45) is 2.93. The quantitative estimate of drug-likeness (QED) is 0.519. The van der Waals surface area contributed by atoms with Crippen molar-refractivity contribution >= 4 is 35.8 Å². The van der Waals surface area contributed by atoms with E-state index in [9.17, 15) is 0 Å². The maximum absolute atomic E-state index is 6.97. The predicted octanol–water partition coefficient (Wildman–Crippen LogP) is 2.45. The van der Waals surface area contributed by atoms with E-state index in [4.69, 9.17) is 17.6 Å². The van der Waals surface area contributed by atoms with Crippen LogP contribution in [0.3, 0.4) is 0 Å². The Morgan fingerprint density at radius 2 is 2.40 bits per heavy atom. The third-order valence-corrected chi connectivity index (χ3v) is 2.24. The molecule has 0 saturated heterocycles. The van der Waals surface area contributed by atoms with Gasteiger partial charge >= 0.3 is 0 Å².